The van der Waals surface area contributed by atoms with Crippen LogP contribution < -0.4 is 5.69 Å². The van der Waals surface area contributed by atoms with Crippen LogP contribution in [0, 0.1) is 5.82 Å². The van der Waals surface area contributed by atoms with Gasteiger partial charge in [0.05, 0.1) is 11.6 Å². The fraction of sp³-hybridized carbons (Fsp3) is 0.0833. The van der Waals surface area contributed by atoms with Gasteiger partial charge in [-0.1, -0.05) is 11.6 Å². The van der Waals surface area contributed by atoms with Crippen molar-refractivity contribution in [3.8, 4) is 11.4 Å². The Labute approximate surface area is 117 Å². The highest BCUT2D eigenvalue weighted by Crippen LogP contribution is 2.27. The van der Waals surface area contributed by atoms with Crippen molar-refractivity contribution in [3.63, 3.8) is 0 Å². The Morgan fingerprint density at radius 1 is 1.40 bits per heavy atom. The summed E-state index contributed by atoms with van der Waals surface area (Å²) in [5.41, 5.74) is 0.234. The fourth-order valence-corrected chi connectivity index (χ4v) is 2.15. The summed E-state index contributed by atoms with van der Waals surface area (Å²) in [6.45, 7) is 0.321. The maximum Gasteiger partial charge on any atom is 0.340 e. The van der Waals surface area contributed by atoms with Gasteiger partial charge in [-0.25, -0.2) is 19.3 Å². The molecule has 6 nitrogen and oxygen atoms in total. The van der Waals surface area contributed by atoms with Crippen LogP contribution in [0.3, 0.4) is 0 Å². The van der Waals surface area contributed by atoms with Gasteiger partial charge in [-0.15, -0.1) is 0 Å². The number of hydrogen-bond acceptors (Lipinski definition) is 3. The van der Waals surface area contributed by atoms with Gasteiger partial charge >= 0.3 is 5.69 Å². The first kappa shape index (κ1) is 12.6. The van der Waals surface area contributed by atoms with Crippen LogP contribution in [0.1, 0.15) is 5.82 Å². The molecule has 2 aromatic heterocycles. The number of imidazole rings is 1. The highest BCUT2D eigenvalue weighted by molar-refractivity contribution is 6.33. The van der Waals surface area contributed by atoms with E-state index in [2.05, 4.69) is 20.2 Å². The Morgan fingerprint density at radius 2 is 2.25 bits per heavy atom. The van der Waals surface area contributed by atoms with E-state index in [9.17, 15) is 9.18 Å². The maximum absolute atomic E-state index is 13.1. The minimum Gasteiger partial charge on any atom is -0.323 e. The lowest BCUT2D eigenvalue weighted by molar-refractivity contribution is 0.628. The first-order chi connectivity index (χ1) is 9.63. The molecule has 2 heterocycles. The molecule has 0 aliphatic heterocycles. The highest BCUT2D eigenvalue weighted by atomic mass is 35.5. The van der Waals surface area contributed by atoms with Crippen LogP contribution in [-0.4, -0.2) is 24.7 Å². The van der Waals surface area contributed by atoms with Crippen molar-refractivity contribution in [1.82, 2.24) is 24.7 Å². The third kappa shape index (κ3) is 2.35. The number of aromatic nitrogens is 5. The van der Waals surface area contributed by atoms with Crippen molar-refractivity contribution in [2.24, 2.45) is 0 Å². The summed E-state index contributed by atoms with van der Waals surface area (Å²) in [5, 5.41) is 6.39. The van der Waals surface area contributed by atoms with Crippen molar-refractivity contribution in [2.45, 2.75) is 6.54 Å². The Morgan fingerprint density at radius 3 is 2.95 bits per heavy atom. The molecule has 0 amide bonds. The number of nitrogens with zero attached hydrogens (tertiary/aromatic N) is 3. The highest BCUT2D eigenvalue weighted by Gasteiger charge is 2.12. The molecular weight excluding hydrogens is 285 g/mol. The predicted octanol–water partition coefficient (Wildman–Crippen LogP) is 1.80. The summed E-state index contributed by atoms with van der Waals surface area (Å²) in [4.78, 5) is 17.8. The molecule has 0 saturated heterocycles. The Hall–Kier alpha value is -2.41. The summed E-state index contributed by atoms with van der Waals surface area (Å²) in [6.07, 6.45) is 3.32. The van der Waals surface area contributed by atoms with Crippen LogP contribution in [0.15, 0.2) is 35.4 Å². The summed E-state index contributed by atoms with van der Waals surface area (Å²) in [5.74, 6) is 0.625. The normalized spacial score (nSPS) is 10.9. The lowest BCUT2D eigenvalue weighted by Gasteiger charge is -2.07. The summed E-state index contributed by atoms with van der Waals surface area (Å²) in [7, 11) is 0. The summed E-state index contributed by atoms with van der Waals surface area (Å²) in [6, 6.07) is 4.10. The number of benzene rings is 1. The van der Waals surface area contributed by atoms with Gasteiger partial charge in [-0.3, -0.25) is 4.98 Å². The minimum atomic E-state index is -0.409. The first-order valence-electron chi connectivity index (χ1n) is 5.73. The van der Waals surface area contributed by atoms with Gasteiger partial charge < -0.3 is 4.57 Å². The van der Waals surface area contributed by atoms with E-state index in [1.165, 1.54) is 12.1 Å². The number of aromatic amines is 2. The van der Waals surface area contributed by atoms with Crippen molar-refractivity contribution in [2.75, 3.05) is 0 Å². The van der Waals surface area contributed by atoms with E-state index in [1.54, 1.807) is 23.0 Å². The summed E-state index contributed by atoms with van der Waals surface area (Å²) < 4.78 is 14.8. The zero-order chi connectivity index (χ0) is 14.1. The largest absolute Gasteiger partial charge is 0.340 e. The molecule has 0 atom stereocenters. The number of H-pyrrole nitrogens is 2. The third-order valence-corrected chi connectivity index (χ3v) is 3.07. The molecule has 0 bridgehead atoms. The zero-order valence-electron chi connectivity index (χ0n) is 10.1. The topological polar surface area (TPSA) is 79.4 Å². The second-order valence-corrected chi connectivity index (χ2v) is 4.53. The second kappa shape index (κ2) is 4.93. The quantitative estimate of drug-likeness (QED) is 0.773. The molecule has 0 saturated carbocycles. The van der Waals surface area contributed by atoms with Gasteiger partial charge in [0, 0.05) is 18.0 Å². The monoisotopic (exact) mass is 293 g/mol. The molecule has 0 aliphatic rings. The first-order valence-corrected chi connectivity index (χ1v) is 6.11. The maximum atomic E-state index is 13.1. The van der Waals surface area contributed by atoms with Gasteiger partial charge in [0.1, 0.15) is 11.6 Å². The van der Waals surface area contributed by atoms with Crippen LogP contribution in [0.5, 0.6) is 0 Å². The zero-order valence-corrected chi connectivity index (χ0v) is 10.9. The van der Waals surface area contributed by atoms with Crippen LogP contribution in [0.4, 0.5) is 4.39 Å². The number of halogens is 2. The average molecular weight is 294 g/mol. The van der Waals surface area contributed by atoms with Gasteiger partial charge in [-0.05, 0) is 18.2 Å². The van der Waals surface area contributed by atoms with E-state index < -0.39 is 5.82 Å². The molecule has 2 N–H and O–H groups in total. The molecule has 3 aromatic rings. The van der Waals surface area contributed by atoms with Crippen LogP contribution in [0.25, 0.3) is 11.4 Å². The van der Waals surface area contributed by atoms with E-state index in [4.69, 9.17) is 11.6 Å². The standard InChI is InChI=1S/C12H9ClFN5O/c13-9-5-7(14)1-2-8(9)11-15-3-4-19(11)6-10-16-12(20)18-17-10/h1-5H,6H2,(H2,16,17,18,20). The van der Waals surface area contributed by atoms with Crippen molar-refractivity contribution >= 4 is 11.6 Å². The van der Waals surface area contributed by atoms with Gasteiger partial charge in [0.15, 0.2) is 5.82 Å². The molecule has 0 radical (unpaired) electrons. The van der Waals surface area contributed by atoms with Crippen molar-refractivity contribution < 1.29 is 4.39 Å². The van der Waals surface area contributed by atoms with E-state index in [0.29, 0.717) is 23.8 Å². The van der Waals surface area contributed by atoms with E-state index in [1.807, 2.05) is 0 Å². The number of rotatable bonds is 3. The third-order valence-electron chi connectivity index (χ3n) is 2.76. The van der Waals surface area contributed by atoms with Gasteiger partial charge in [0.2, 0.25) is 0 Å². The minimum absolute atomic E-state index is 0.271. The molecule has 0 spiro atoms. The predicted molar refractivity (Wildman–Crippen MR) is 70.9 cm³/mol. The molecule has 1 aromatic carbocycles. The van der Waals surface area contributed by atoms with E-state index >= 15 is 0 Å². The molecule has 0 aliphatic carbocycles. The Balaban J connectivity index is 1.99. The molecule has 3 rings (SSSR count). The fourth-order valence-electron chi connectivity index (χ4n) is 1.89. The lowest BCUT2D eigenvalue weighted by atomic mass is 10.2. The smallest absolute Gasteiger partial charge is 0.323 e. The molecular formula is C12H9ClFN5O. The Bertz CT molecular complexity index is 806. The molecule has 20 heavy (non-hydrogen) atoms. The van der Waals surface area contributed by atoms with E-state index in [-0.39, 0.29) is 10.7 Å². The van der Waals surface area contributed by atoms with Crippen molar-refractivity contribution in [3.05, 3.63) is 57.7 Å². The number of hydrogen-bond donors (Lipinski definition) is 2. The number of nitrogens with one attached hydrogen (secondary N) is 2. The average Bonchev–Trinajstić information content (AvgIpc) is 3.00. The SMILES string of the molecule is O=c1[nH]nc(Cn2ccnc2-c2ccc(F)cc2Cl)[nH]1. The van der Waals surface area contributed by atoms with Crippen LogP contribution in [0.2, 0.25) is 5.02 Å². The lowest BCUT2D eigenvalue weighted by Crippen LogP contribution is -2.05. The molecule has 102 valence electrons. The molecule has 0 fully saturated rings. The molecule has 8 heteroatoms. The second-order valence-electron chi connectivity index (χ2n) is 4.13. The Kier molecular flexibility index (Phi) is 3.11. The summed E-state index contributed by atoms with van der Waals surface area (Å²) >= 11 is 6.03. The van der Waals surface area contributed by atoms with Crippen LogP contribution in [-0.2, 0) is 6.54 Å². The van der Waals surface area contributed by atoms with E-state index in [0.717, 1.165) is 0 Å². The van der Waals surface area contributed by atoms with Gasteiger partial charge in [0.25, 0.3) is 0 Å². The van der Waals surface area contributed by atoms with Crippen LogP contribution >= 0.6 is 11.6 Å². The van der Waals surface area contributed by atoms with Gasteiger partial charge in [-0.2, -0.15) is 5.10 Å². The van der Waals surface area contributed by atoms with Crippen molar-refractivity contribution in [1.29, 1.82) is 0 Å². The molecule has 0 unspecified atom stereocenters.